The monoisotopic (exact) mass is 181 g/mol. The summed E-state index contributed by atoms with van der Waals surface area (Å²) in [4.78, 5) is 0. The SMILES string of the molecule is NC1CCCCC1.O=S(O)O. The van der Waals surface area contributed by atoms with E-state index in [0.717, 1.165) is 0 Å². The summed E-state index contributed by atoms with van der Waals surface area (Å²) in [6.45, 7) is 0. The van der Waals surface area contributed by atoms with Crippen molar-refractivity contribution in [3.05, 3.63) is 0 Å². The van der Waals surface area contributed by atoms with Crippen LogP contribution in [0.25, 0.3) is 0 Å². The molecule has 4 N–H and O–H groups in total. The van der Waals surface area contributed by atoms with Crippen LogP contribution in [0.5, 0.6) is 0 Å². The Hall–Kier alpha value is 0.0300. The molecule has 1 aliphatic carbocycles. The summed E-state index contributed by atoms with van der Waals surface area (Å²) in [7, 11) is 0. The van der Waals surface area contributed by atoms with Crippen LogP contribution in [0.1, 0.15) is 32.1 Å². The minimum absolute atomic E-state index is 0.536. The van der Waals surface area contributed by atoms with E-state index in [9.17, 15) is 0 Å². The maximum atomic E-state index is 8.67. The molecule has 1 fully saturated rings. The van der Waals surface area contributed by atoms with Gasteiger partial charge in [-0.05, 0) is 12.8 Å². The Morgan fingerprint density at radius 1 is 1.18 bits per heavy atom. The van der Waals surface area contributed by atoms with Crippen molar-refractivity contribution in [1.82, 2.24) is 0 Å². The van der Waals surface area contributed by atoms with Crippen molar-refractivity contribution in [2.24, 2.45) is 5.73 Å². The minimum Gasteiger partial charge on any atom is -0.328 e. The summed E-state index contributed by atoms with van der Waals surface area (Å²) >= 11 is -2.61. The summed E-state index contributed by atoms with van der Waals surface area (Å²) in [5.74, 6) is 0. The van der Waals surface area contributed by atoms with Crippen LogP contribution in [-0.4, -0.2) is 19.4 Å². The van der Waals surface area contributed by atoms with E-state index in [4.69, 9.17) is 19.0 Å². The van der Waals surface area contributed by atoms with Gasteiger partial charge < -0.3 is 5.73 Å². The van der Waals surface area contributed by atoms with Crippen molar-refractivity contribution in [1.29, 1.82) is 0 Å². The number of nitrogens with two attached hydrogens (primary N) is 1. The lowest BCUT2D eigenvalue weighted by Crippen LogP contribution is -2.22. The topological polar surface area (TPSA) is 83.6 Å². The Labute approximate surface area is 69.3 Å². The zero-order valence-corrected chi connectivity index (χ0v) is 7.22. The zero-order chi connectivity index (χ0) is 8.69. The van der Waals surface area contributed by atoms with Crippen molar-refractivity contribution in [3.8, 4) is 0 Å². The normalized spacial score (nSPS) is 19.3. The average molecular weight is 181 g/mol. The first-order valence-corrected chi connectivity index (χ1v) is 4.75. The molecule has 0 aromatic heterocycles. The Balaban J connectivity index is 0.000000218. The van der Waals surface area contributed by atoms with Crippen LogP contribution in [0.2, 0.25) is 0 Å². The third-order valence-corrected chi connectivity index (χ3v) is 1.65. The van der Waals surface area contributed by atoms with Gasteiger partial charge in [0.15, 0.2) is 0 Å². The Bertz CT molecular complexity index is 110. The molecule has 0 heterocycles. The van der Waals surface area contributed by atoms with E-state index < -0.39 is 11.4 Å². The predicted molar refractivity (Wildman–Crippen MR) is 44.5 cm³/mol. The number of hydrogen-bond donors (Lipinski definition) is 3. The first kappa shape index (κ1) is 11.0. The fourth-order valence-electron chi connectivity index (χ4n) is 1.13. The lowest BCUT2D eigenvalue weighted by atomic mass is 9.97. The molecule has 0 bridgehead atoms. The standard InChI is InChI=1S/C6H13N.H2O3S/c7-6-4-2-1-3-5-6;1-4(2)3/h6H,1-5,7H2;(H2,1,2,3). The van der Waals surface area contributed by atoms with Gasteiger partial charge in [0.2, 0.25) is 0 Å². The highest BCUT2D eigenvalue weighted by atomic mass is 32.2. The lowest BCUT2D eigenvalue weighted by molar-refractivity contribution is 0.441. The molecule has 0 aromatic carbocycles. The molecule has 0 unspecified atom stereocenters. The molecule has 0 amide bonds. The van der Waals surface area contributed by atoms with Crippen LogP contribution in [0.3, 0.4) is 0 Å². The number of hydrogen-bond acceptors (Lipinski definition) is 2. The summed E-state index contributed by atoms with van der Waals surface area (Å²) in [5, 5.41) is 0. The van der Waals surface area contributed by atoms with Crippen LogP contribution >= 0.6 is 0 Å². The molecular weight excluding hydrogens is 166 g/mol. The Morgan fingerprint density at radius 2 is 1.55 bits per heavy atom. The van der Waals surface area contributed by atoms with E-state index >= 15 is 0 Å². The molecular formula is C6H15NO3S. The van der Waals surface area contributed by atoms with Gasteiger partial charge in [-0.15, -0.1) is 0 Å². The van der Waals surface area contributed by atoms with E-state index in [0.29, 0.717) is 6.04 Å². The Morgan fingerprint density at radius 3 is 1.73 bits per heavy atom. The van der Waals surface area contributed by atoms with Crippen LogP contribution in [0.15, 0.2) is 0 Å². The Kier molecular flexibility index (Phi) is 6.74. The van der Waals surface area contributed by atoms with Crippen molar-refractivity contribution in [2.75, 3.05) is 0 Å². The first-order valence-electron chi connectivity index (χ1n) is 3.68. The second kappa shape index (κ2) is 6.72. The van der Waals surface area contributed by atoms with Gasteiger partial charge in [0.1, 0.15) is 0 Å². The van der Waals surface area contributed by atoms with Crippen LogP contribution in [-0.2, 0) is 11.4 Å². The van der Waals surface area contributed by atoms with Gasteiger partial charge in [0, 0.05) is 6.04 Å². The average Bonchev–Trinajstić information content (AvgIpc) is 1.87. The third kappa shape index (κ3) is 10.0. The highest BCUT2D eigenvalue weighted by Crippen LogP contribution is 2.14. The highest BCUT2D eigenvalue weighted by molar-refractivity contribution is 7.73. The summed E-state index contributed by atoms with van der Waals surface area (Å²) in [6, 6.07) is 0.536. The molecule has 1 rings (SSSR count). The molecule has 0 atom stereocenters. The van der Waals surface area contributed by atoms with Crippen LogP contribution in [0.4, 0.5) is 0 Å². The van der Waals surface area contributed by atoms with E-state index in [-0.39, 0.29) is 0 Å². The molecule has 1 aliphatic rings. The summed E-state index contributed by atoms with van der Waals surface area (Å²) < 4.78 is 22.8. The molecule has 4 nitrogen and oxygen atoms in total. The number of rotatable bonds is 0. The van der Waals surface area contributed by atoms with Crippen molar-refractivity contribution in [2.45, 2.75) is 38.1 Å². The largest absolute Gasteiger partial charge is 0.328 e. The van der Waals surface area contributed by atoms with Crippen molar-refractivity contribution >= 4 is 11.4 Å². The molecule has 11 heavy (non-hydrogen) atoms. The van der Waals surface area contributed by atoms with E-state index in [1.807, 2.05) is 0 Å². The van der Waals surface area contributed by atoms with Gasteiger partial charge in [0.05, 0.1) is 0 Å². The van der Waals surface area contributed by atoms with E-state index in [2.05, 4.69) is 0 Å². The maximum absolute atomic E-state index is 8.67. The minimum atomic E-state index is -2.61. The van der Waals surface area contributed by atoms with Gasteiger partial charge in [-0.1, -0.05) is 19.3 Å². The van der Waals surface area contributed by atoms with Crippen molar-refractivity contribution < 1.29 is 13.3 Å². The fraction of sp³-hybridized carbons (Fsp3) is 1.00. The van der Waals surface area contributed by atoms with E-state index in [1.54, 1.807) is 0 Å². The van der Waals surface area contributed by atoms with Gasteiger partial charge >= 0.3 is 0 Å². The molecule has 68 valence electrons. The lowest BCUT2D eigenvalue weighted by Gasteiger charge is -2.15. The third-order valence-electron chi connectivity index (χ3n) is 1.65. The molecule has 0 radical (unpaired) electrons. The summed E-state index contributed by atoms with van der Waals surface area (Å²) in [6.07, 6.45) is 6.66. The van der Waals surface area contributed by atoms with Gasteiger partial charge in [-0.25, -0.2) is 0 Å². The molecule has 0 spiro atoms. The second-order valence-electron chi connectivity index (χ2n) is 2.63. The van der Waals surface area contributed by atoms with Crippen LogP contribution < -0.4 is 5.73 Å². The quantitative estimate of drug-likeness (QED) is 0.486. The zero-order valence-electron chi connectivity index (χ0n) is 6.40. The van der Waals surface area contributed by atoms with E-state index in [1.165, 1.54) is 32.1 Å². The smallest absolute Gasteiger partial charge is 0.299 e. The van der Waals surface area contributed by atoms with Gasteiger partial charge in [-0.2, -0.15) is 4.21 Å². The predicted octanol–water partition coefficient (Wildman–Crippen LogP) is 0.959. The molecule has 0 saturated heterocycles. The van der Waals surface area contributed by atoms with Gasteiger partial charge in [-0.3, -0.25) is 9.11 Å². The maximum Gasteiger partial charge on any atom is 0.299 e. The molecule has 0 aliphatic heterocycles. The summed E-state index contributed by atoms with van der Waals surface area (Å²) in [5.41, 5.74) is 5.63. The fourth-order valence-corrected chi connectivity index (χ4v) is 1.13. The first-order chi connectivity index (χ1) is 5.13. The van der Waals surface area contributed by atoms with Gasteiger partial charge in [0.25, 0.3) is 11.4 Å². The second-order valence-corrected chi connectivity index (χ2v) is 3.09. The highest BCUT2D eigenvalue weighted by Gasteiger charge is 2.06. The molecule has 5 heteroatoms. The molecule has 0 aromatic rings. The van der Waals surface area contributed by atoms with Crippen molar-refractivity contribution in [3.63, 3.8) is 0 Å². The van der Waals surface area contributed by atoms with Crippen LogP contribution in [0, 0.1) is 0 Å². The molecule has 1 saturated carbocycles.